The lowest BCUT2D eigenvalue weighted by Crippen LogP contribution is -2.45. The van der Waals surface area contributed by atoms with Crippen molar-refractivity contribution in [1.29, 1.82) is 0 Å². The Morgan fingerprint density at radius 1 is 1.55 bits per heavy atom. The van der Waals surface area contributed by atoms with Gasteiger partial charge in [0.2, 0.25) is 0 Å². The zero-order chi connectivity index (χ0) is 15.5. The molecule has 1 heterocycles. The summed E-state index contributed by atoms with van der Waals surface area (Å²) < 4.78 is 0. The molecule has 108 valence electrons. The van der Waals surface area contributed by atoms with Crippen LogP contribution in [0.15, 0.2) is 12.3 Å². The van der Waals surface area contributed by atoms with E-state index in [0.717, 1.165) is 12.3 Å². The van der Waals surface area contributed by atoms with Crippen molar-refractivity contribution in [3.05, 3.63) is 33.1 Å². The van der Waals surface area contributed by atoms with Crippen molar-refractivity contribution in [3.63, 3.8) is 0 Å². The predicted octanol–water partition coefficient (Wildman–Crippen LogP) is 1.63. The molecule has 20 heavy (non-hydrogen) atoms. The largest absolute Gasteiger partial charge is 0.481 e. The van der Waals surface area contributed by atoms with Gasteiger partial charge in [0.05, 0.1) is 16.9 Å². The van der Waals surface area contributed by atoms with E-state index < -0.39 is 22.3 Å². The molecule has 0 unspecified atom stereocenters. The fourth-order valence-corrected chi connectivity index (χ4v) is 1.68. The Balaban J connectivity index is 3.00. The average molecular weight is 302 g/mol. The molecule has 0 fully saturated rings. The summed E-state index contributed by atoms with van der Waals surface area (Å²) in [4.78, 5) is 36.1. The van der Waals surface area contributed by atoms with Crippen LogP contribution in [0.3, 0.4) is 0 Å². The molecule has 8 nitrogen and oxygen atoms in total. The second-order valence-corrected chi connectivity index (χ2v) is 5.06. The van der Waals surface area contributed by atoms with Crippen LogP contribution in [-0.4, -0.2) is 32.4 Å². The van der Waals surface area contributed by atoms with Crippen molar-refractivity contribution in [3.8, 4) is 0 Å². The van der Waals surface area contributed by atoms with Crippen LogP contribution in [0.2, 0.25) is 5.15 Å². The Kier molecular flexibility index (Phi) is 4.61. The molecule has 0 aliphatic heterocycles. The number of nitro groups is 1. The lowest BCUT2D eigenvalue weighted by molar-refractivity contribution is -0.385. The van der Waals surface area contributed by atoms with Crippen LogP contribution in [0.5, 0.6) is 0 Å². The number of amides is 1. The van der Waals surface area contributed by atoms with E-state index in [4.69, 9.17) is 16.7 Å². The van der Waals surface area contributed by atoms with Gasteiger partial charge in [-0.05, 0) is 13.8 Å². The lowest BCUT2D eigenvalue weighted by atomic mass is 10.0. The van der Waals surface area contributed by atoms with E-state index in [1.807, 2.05) is 0 Å². The Morgan fingerprint density at radius 2 is 2.15 bits per heavy atom. The minimum atomic E-state index is -1.08. The highest BCUT2D eigenvalue weighted by molar-refractivity contribution is 6.32. The standard InChI is InChI=1S/C11H12ClN3O5/c1-11(2,4-8(16)17)14-10(18)7-3-6(15(19)20)5-13-9(7)12/h3,5H,4H2,1-2H3,(H,14,18)(H,16,17). The summed E-state index contributed by atoms with van der Waals surface area (Å²) >= 11 is 5.72. The highest BCUT2D eigenvalue weighted by atomic mass is 35.5. The van der Waals surface area contributed by atoms with Gasteiger partial charge in [-0.1, -0.05) is 11.6 Å². The van der Waals surface area contributed by atoms with Crippen molar-refractivity contribution in [1.82, 2.24) is 10.3 Å². The van der Waals surface area contributed by atoms with Crippen LogP contribution in [0.1, 0.15) is 30.6 Å². The summed E-state index contributed by atoms with van der Waals surface area (Å²) in [6.45, 7) is 3.02. The van der Waals surface area contributed by atoms with Gasteiger partial charge < -0.3 is 10.4 Å². The molecular formula is C11H12ClN3O5. The minimum Gasteiger partial charge on any atom is -0.481 e. The summed E-state index contributed by atoms with van der Waals surface area (Å²) in [7, 11) is 0. The van der Waals surface area contributed by atoms with E-state index in [-0.39, 0.29) is 22.8 Å². The smallest absolute Gasteiger partial charge is 0.305 e. The predicted molar refractivity (Wildman–Crippen MR) is 69.7 cm³/mol. The quantitative estimate of drug-likeness (QED) is 0.484. The third-order valence-electron chi connectivity index (χ3n) is 2.33. The molecule has 0 bridgehead atoms. The molecule has 1 aromatic rings. The molecule has 0 aliphatic carbocycles. The molecule has 9 heteroatoms. The molecule has 2 N–H and O–H groups in total. The first-order valence-electron chi connectivity index (χ1n) is 5.46. The van der Waals surface area contributed by atoms with Gasteiger partial charge in [-0.2, -0.15) is 0 Å². The normalized spacial score (nSPS) is 10.9. The number of aromatic nitrogens is 1. The third kappa shape index (κ3) is 4.16. The van der Waals surface area contributed by atoms with E-state index >= 15 is 0 Å². The highest BCUT2D eigenvalue weighted by Gasteiger charge is 2.26. The first kappa shape index (κ1) is 15.8. The molecule has 0 atom stereocenters. The summed E-state index contributed by atoms with van der Waals surface area (Å²) in [5.74, 6) is -1.81. The fourth-order valence-electron chi connectivity index (χ4n) is 1.49. The van der Waals surface area contributed by atoms with Crippen molar-refractivity contribution in [2.24, 2.45) is 0 Å². The number of nitrogens with one attached hydrogen (secondary N) is 1. The first-order chi connectivity index (χ1) is 9.12. The number of carboxylic acid groups (broad SMARTS) is 1. The van der Waals surface area contributed by atoms with Crippen LogP contribution in [0, 0.1) is 10.1 Å². The van der Waals surface area contributed by atoms with Crippen LogP contribution >= 0.6 is 11.6 Å². The van der Waals surface area contributed by atoms with Gasteiger partial charge in [-0.3, -0.25) is 19.7 Å². The third-order valence-corrected chi connectivity index (χ3v) is 2.63. The number of carbonyl (C=O) groups is 2. The summed E-state index contributed by atoms with van der Waals surface area (Å²) in [6, 6.07) is 0.988. The average Bonchev–Trinajstić information content (AvgIpc) is 2.26. The van der Waals surface area contributed by atoms with E-state index in [1.54, 1.807) is 0 Å². The molecular weight excluding hydrogens is 290 g/mol. The number of aliphatic carboxylic acids is 1. The van der Waals surface area contributed by atoms with Crippen LogP contribution in [0.4, 0.5) is 5.69 Å². The minimum absolute atomic E-state index is 0.181. The maximum atomic E-state index is 12.0. The maximum absolute atomic E-state index is 12.0. The van der Waals surface area contributed by atoms with Crippen molar-refractivity contribution in [2.75, 3.05) is 0 Å². The maximum Gasteiger partial charge on any atom is 0.305 e. The molecule has 1 rings (SSSR count). The van der Waals surface area contributed by atoms with Gasteiger partial charge in [0.1, 0.15) is 11.3 Å². The fraction of sp³-hybridized carbons (Fsp3) is 0.364. The van der Waals surface area contributed by atoms with E-state index in [2.05, 4.69) is 10.3 Å². The highest BCUT2D eigenvalue weighted by Crippen LogP contribution is 2.20. The zero-order valence-corrected chi connectivity index (χ0v) is 11.5. The second kappa shape index (κ2) is 5.83. The van der Waals surface area contributed by atoms with Gasteiger partial charge in [0.25, 0.3) is 11.6 Å². The van der Waals surface area contributed by atoms with Crippen LogP contribution < -0.4 is 5.32 Å². The molecule has 0 radical (unpaired) electrons. The van der Waals surface area contributed by atoms with Crippen molar-refractivity contribution >= 4 is 29.2 Å². The van der Waals surface area contributed by atoms with E-state index in [1.165, 1.54) is 13.8 Å². The Morgan fingerprint density at radius 3 is 2.65 bits per heavy atom. The van der Waals surface area contributed by atoms with Gasteiger partial charge in [-0.15, -0.1) is 0 Å². The molecule has 0 spiro atoms. The summed E-state index contributed by atoms with van der Waals surface area (Å²) in [5, 5.41) is 21.6. The molecule has 0 saturated heterocycles. The summed E-state index contributed by atoms with van der Waals surface area (Å²) in [6.07, 6.45) is 0.625. The van der Waals surface area contributed by atoms with Crippen molar-refractivity contribution < 1.29 is 19.6 Å². The SMILES string of the molecule is CC(C)(CC(=O)O)NC(=O)c1cc([N+](=O)[O-])cnc1Cl. The number of halogens is 1. The van der Waals surface area contributed by atoms with E-state index in [9.17, 15) is 19.7 Å². The number of rotatable bonds is 5. The number of hydrogen-bond donors (Lipinski definition) is 2. The second-order valence-electron chi connectivity index (χ2n) is 4.70. The molecule has 0 saturated carbocycles. The number of hydrogen-bond acceptors (Lipinski definition) is 5. The number of carbonyl (C=O) groups excluding carboxylic acids is 1. The van der Waals surface area contributed by atoms with Gasteiger partial charge >= 0.3 is 5.97 Å². The molecule has 1 aromatic heterocycles. The number of nitrogens with zero attached hydrogens (tertiary/aromatic N) is 2. The Labute approximate surface area is 118 Å². The number of carboxylic acids is 1. The lowest BCUT2D eigenvalue weighted by Gasteiger charge is -2.24. The zero-order valence-electron chi connectivity index (χ0n) is 10.7. The molecule has 0 aliphatic rings. The molecule has 1 amide bonds. The number of pyridine rings is 1. The van der Waals surface area contributed by atoms with Crippen LogP contribution in [0.25, 0.3) is 0 Å². The van der Waals surface area contributed by atoms with Crippen LogP contribution in [-0.2, 0) is 4.79 Å². The summed E-state index contributed by atoms with van der Waals surface area (Å²) in [5.41, 5.74) is -1.59. The Hall–Kier alpha value is -2.22. The van der Waals surface area contributed by atoms with Crippen molar-refractivity contribution in [2.45, 2.75) is 25.8 Å². The first-order valence-corrected chi connectivity index (χ1v) is 5.84. The molecule has 0 aromatic carbocycles. The monoisotopic (exact) mass is 301 g/mol. The van der Waals surface area contributed by atoms with Gasteiger partial charge in [0.15, 0.2) is 0 Å². The Bertz CT molecular complexity index is 573. The topological polar surface area (TPSA) is 122 Å². The van der Waals surface area contributed by atoms with E-state index in [0.29, 0.717) is 0 Å². The van der Waals surface area contributed by atoms with Gasteiger partial charge in [0, 0.05) is 11.6 Å². The van der Waals surface area contributed by atoms with Gasteiger partial charge in [-0.25, -0.2) is 4.98 Å².